The minimum absolute atomic E-state index is 0.0325. The van der Waals surface area contributed by atoms with Crippen molar-refractivity contribution in [1.82, 2.24) is 5.32 Å². The molecule has 0 radical (unpaired) electrons. The number of halogens is 1. The zero-order valence-corrected chi connectivity index (χ0v) is 18.9. The summed E-state index contributed by atoms with van der Waals surface area (Å²) in [6, 6.07) is 8.55. The van der Waals surface area contributed by atoms with Crippen molar-refractivity contribution in [2.45, 2.75) is 12.5 Å². The van der Waals surface area contributed by atoms with Crippen LogP contribution in [-0.2, 0) is 9.53 Å². The maximum absolute atomic E-state index is 12.5. The van der Waals surface area contributed by atoms with Crippen LogP contribution in [0.2, 0.25) is 5.02 Å². The fraction of sp³-hybridized carbons (Fsp3) is 0.286. The molecule has 1 unspecified atom stereocenters. The summed E-state index contributed by atoms with van der Waals surface area (Å²) in [6.07, 6.45) is 2.09. The van der Waals surface area contributed by atoms with Crippen LogP contribution < -0.4 is 10.1 Å². The first-order valence-electron chi connectivity index (χ1n) is 9.34. The van der Waals surface area contributed by atoms with Crippen LogP contribution in [0.25, 0.3) is 0 Å². The molecule has 1 atom stereocenters. The number of rotatable bonds is 11. The predicted molar refractivity (Wildman–Crippen MR) is 121 cm³/mol. The summed E-state index contributed by atoms with van der Waals surface area (Å²) < 4.78 is 10.2. The van der Waals surface area contributed by atoms with Crippen LogP contribution in [0.15, 0.2) is 42.5 Å². The second-order valence-electron chi connectivity index (χ2n) is 6.50. The van der Waals surface area contributed by atoms with Gasteiger partial charge in [-0.2, -0.15) is 11.8 Å². The number of nitro groups is 1. The third kappa shape index (κ3) is 6.96. The van der Waals surface area contributed by atoms with Gasteiger partial charge in [0.1, 0.15) is 11.8 Å². The second-order valence-corrected chi connectivity index (χ2v) is 7.89. The lowest BCUT2D eigenvalue weighted by Gasteiger charge is -2.17. The van der Waals surface area contributed by atoms with Gasteiger partial charge in [0.05, 0.1) is 17.1 Å². The molecule has 0 saturated heterocycles. The van der Waals surface area contributed by atoms with Gasteiger partial charge in [0.2, 0.25) is 0 Å². The largest absolute Gasteiger partial charge is 0.495 e. The van der Waals surface area contributed by atoms with Crippen molar-refractivity contribution in [3.8, 4) is 5.75 Å². The fourth-order valence-corrected chi connectivity index (χ4v) is 3.38. The third-order valence-corrected chi connectivity index (χ3v) is 5.28. The van der Waals surface area contributed by atoms with Crippen molar-refractivity contribution >= 4 is 46.7 Å². The monoisotopic (exact) mass is 480 g/mol. The molecule has 1 N–H and O–H groups in total. The highest BCUT2D eigenvalue weighted by Gasteiger charge is 2.24. The van der Waals surface area contributed by atoms with Gasteiger partial charge in [-0.3, -0.25) is 19.7 Å². The fourth-order valence-electron chi connectivity index (χ4n) is 2.65. The van der Waals surface area contributed by atoms with Gasteiger partial charge in [-0.05, 0) is 42.7 Å². The molecule has 9 nitrogen and oxygen atoms in total. The third-order valence-electron chi connectivity index (χ3n) is 4.34. The SMILES string of the molecule is COc1ccc(C(=O)COC(=O)C(CCSC)NC(=O)c2cccc([N+](=O)[O-])c2)cc1Cl. The van der Waals surface area contributed by atoms with E-state index in [9.17, 15) is 24.5 Å². The summed E-state index contributed by atoms with van der Waals surface area (Å²) in [6.45, 7) is -0.538. The van der Waals surface area contributed by atoms with Crippen LogP contribution in [0, 0.1) is 10.1 Å². The smallest absolute Gasteiger partial charge is 0.329 e. The predicted octanol–water partition coefficient (Wildman–Crippen LogP) is 3.53. The average molecular weight is 481 g/mol. The van der Waals surface area contributed by atoms with Gasteiger partial charge in [0.25, 0.3) is 11.6 Å². The maximum Gasteiger partial charge on any atom is 0.329 e. The van der Waals surface area contributed by atoms with Crippen molar-refractivity contribution in [1.29, 1.82) is 0 Å². The molecule has 0 aliphatic carbocycles. The van der Waals surface area contributed by atoms with Crippen LogP contribution in [0.3, 0.4) is 0 Å². The number of amides is 1. The lowest BCUT2D eigenvalue weighted by atomic mass is 10.1. The molecule has 0 fully saturated rings. The summed E-state index contributed by atoms with van der Waals surface area (Å²) in [5, 5.41) is 13.7. The van der Waals surface area contributed by atoms with E-state index in [1.165, 1.54) is 55.3 Å². The second kappa shape index (κ2) is 12.1. The number of nitrogens with one attached hydrogen (secondary N) is 1. The Labute approximate surface area is 193 Å². The number of esters is 1. The number of carbonyl (C=O) groups excluding carboxylic acids is 3. The van der Waals surface area contributed by atoms with Gasteiger partial charge >= 0.3 is 5.97 Å². The first-order chi connectivity index (χ1) is 15.3. The van der Waals surface area contributed by atoms with Crippen molar-refractivity contribution in [3.63, 3.8) is 0 Å². The highest BCUT2D eigenvalue weighted by atomic mass is 35.5. The molecular formula is C21H21ClN2O7S. The van der Waals surface area contributed by atoms with E-state index < -0.39 is 35.2 Å². The van der Waals surface area contributed by atoms with E-state index in [0.717, 1.165) is 6.07 Å². The highest BCUT2D eigenvalue weighted by molar-refractivity contribution is 7.98. The van der Waals surface area contributed by atoms with Gasteiger partial charge in [-0.15, -0.1) is 0 Å². The number of hydrogen-bond acceptors (Lipinski definition) is 8. The Balaban J connectivity index is 2.04. The highest BCUT2D eigenvalue weighted by Crippen LogP contribution is 2.25. The first kappa shape index (κ1) is 25.2. The number of ether oxygens (including phenoxy) is 2. The molecule has 0 saturated carbocycles. The minimum atomic E-state index is -1.03. The van der Waals surface area contributed by atoms with Crippen molar-refractivity contribution in [3.05, 3.63) is 68.7 Å². The van der Waals surface area contributed by atoms with Crippen LogP contribution in [0.4, 0.5) is 5.69 Å². The molecule has 0 heterocycles. The number of methoxy groups -OCH3 is 1. The molecule has 0 aliphatic heterocycles. The Morgan fingerprint density at radius 2 is 1.94 bits per heavy atom. The van der Waals surface area contributed by atoms with E-state index in [4.69, 9.17) is 21.1 Å². The Morgan fingerprint density at radius 1 is 1.19 bits per heavy atom. The van der Waals surface area contributed by atoms with E-state index in [1.807, 2.05) is 6.26 Å². The lowest BCUT2D eigenvalue weighted by Crippen LogP contribution is -2.42. The van der Waals surface area contributed by atoms with E-state index in [1.54, 1.807) is 0 Å². The van der Waals surface area contributed by atoms with Crippen molar-refractivity contribution in [2.75, 3.05) is 25.7 Å². The maximum atomic E-state index is 12.5. The summed E-state index contributed by atoms with van der Waals surface area (Å²) in [5.74, 6) is -0.981. The van der Waals surface area contributed by atoms with Crippen LogP contribution >= 0.6 is 23.4 Å². The zero-order valence-electron chi connectivity index (χ0n) is 17.3. The molecule has 1 amide bonds. The molecule has 0 spiro atoms. The van der Waals surface area contributed by atoms with Crippen molar-refractivity contribution < 1.29 is 28.8 Å². The summed E-state index contributed by atoms with van der Waals surface area (Å²) >= 11 is 7.47. The van der Waals surface area contributed by atoms with Crippen LogP contribution in [-0.4, -0.2) is 54.4 Å². The van der Waals surface area contributed by atoms with Crippen LogP contribution in [0.1, 0.15) is 27.1 Å². The summed E-state index contributed by atoms with van der Waals surface area (Å²) in [4.78, 5) is 47.7. The van der Waals surface area contributed by atoms with Gasteiger partial charge in [0, 0.05) is 23.3 Å². The van der Waals surface area contributed by atoms with Gasteiger partial charge < -0.3 is 14.8 Å². The molecule has 2 rings (SSSR count). The van der Waals surface area contributed by atoms with E-state index >= 15 is 0 Å². The van der Waals surface area contributed by atoms with Gasteiger partial charge in [-0.25, -0.2) is 4.79 Å². The number of carbonyl (C=O) groups is 3. The minimum Gasteiger partial charge on any atom is -0.495 e. The van der Waals surface area contributed by atoms with Gasteiger partial charge in [0.15, 0.2) is 12.4 Å². The lowest BCUT2D eigenvalue weighted by molar-refractivity contribution is -0.384. The number of benzene rings is 2. The number of non-ortho nitro benzene ring substituents is 1. The molecule has 0 aliphatic rings. The number of hydrogen-bond donors (Lipinski definition) is 1. The van der Waals surface area contributed by atoms with Gasteiger partial charge in [-0.1, -0.05) is 17.7 Å². The summed E-state index contributed by atoms with van der Waals surface area (Å²) in [7, 11) is 1.45. The molecule has 170 valence electrons. The van der Waals surface area contributed by atoms with Crippen LogP contribution in [0.5, 0.6) is 5.75 Å². The molecule has 0 aromatic heterocycles. The number of nitrogens with zero attached hydrogens (tertiary/aromatic N) is 1. The molecule has 32 heavy (non-hydrogen) atoms. The number of nitro benzene ring substituents is 1. The normalized spacial score (nSPS) is 11.3. The molecule has 0 bridgehead atoms. The standard InChI is InChI=1S/C21H21ClN2O7S/c1-30-19-7-6-13(11-16(19)22)18(25)12-31-21(27)17(8-9-32-2)23-20(26)14-4-3-5-15(10-14)24(28)29/h3-7,10-11,17H,8-9,12H2,1-2H3,(H,23,26). The van der Waals surface area contributed by atoms with Crippen molar-refractivity contribution in [2.24, 2.45) is 0 Å². The Morgan fingerprint density at radius 3 is 2.56 bits per heavy atom. The zero-order chi connectivity index (χ0) is 23.7. The van der Waals surface area contributed by atoms with E-state index in [0.29, 0.717) is 11.5 Å². The number of thioether (sulfide) groups is 1. The molecule has 2 aromatic carbocycles. The molecule has 11 heteroatoms. The Bertz CT molecular complexity index is 1020. The first-order valence-corrected chi connectivity index (χ1v) is 11.1. The van der Waals surface area contributed by atoms with E-state index in [-0.39, 0.29) is 28.3 Å². The Kier molecular flexibility index (Phi) is 9.48. The summed E-state index contributed by atoms with van der Waals surface area (Å²) in [5.41, 5.74) is 0.0274. The molecule has 2 aromatic rings. The topological polar surface area (TPSA) is 125 Å². The number of ketones is 1. The quantitative estimate of drug-likeness (QED) is 0.224. The molecular weight excluding hydrogens is 460 g/mol. The Hall–Kier alpha value is -3.11. The number of Topliss-reactive ketones (excluding diaryl/α,β-unsaturated/α-hetero) is 1. The van der Waals surface area contributed by atoms with E-state index in [2.05, 4.69) is 5.32 Å². The average Bonchev–Trinajstić information content (AvgIpc) is 2.79.